The Kier molecular flexibility index (Phi) is 6.67. The highest BCUT2D eigenvalue weighted by Gasteiger charge is 2.36. The molecule has 0 bridgehead atoms. The maximum atomic E-state index is 9.87. The number of hydrogen-bond donors (Lipinski definition) is 2. The Labute approximate surface area is 135 Å². The zero-order chi connectivity index (χ0) is 14.8. The second-order valence-electron chi connectivity index (χ2n) is 6.70. The Morgan fingerprint density at radius 3 is 2.43 bits per heavy atom. The zero-order valence-corrected chi connectivity index (χ0v) is 14.5. The Hall–Kier alpha value is -0.610. The van der Waals surface area contributed by atoms with Gasteiger partial charge in [0, 0.05) is 44.2 Å². The van der Waals surface area contributed by atoms with Crippen LogP contribution in [0.4, 0.5) is 0 Å². The molecule has 0 aliphatic carbocycles. The first kappa shape index (κ1) is 18.4. The minimum absolute atomic E-state index is 0. The maximum absolute atomic E-state index is 9.87. The van der Waals surface area contributed by atoms with Crippen LogP contribution >= 0.6 is 12.4 Å². The van der Waals surface area contributed by atoms with E-state index in [0.29, 0.717) is 0 Å². The summed E-state index contributed by atoms with van der Waals surface area (Å²) >= 11 is 0. The van der Waals surface area contributed by atoms with Crippen LogP contribution in [0, 0.1) is 19.3 Å². The van der Waals surface area contributed by atoms with E-state index in [-0.39, 0.29) is 30.5 Å². The van der Waals surface area contributed by atoms with Gasteiger partial charge < -0.3 is 10.4 Å². The summed E-state index contributed by atoms with van der Waals surface area (Å²) in [6.45, 7) is 13.0. The van der Waals surface area contributed by atoms with Crippen LogP contribution < -0.4 is 5.32 Å². The van der Waals surface area contributed by atoms with E-state index in [1.54, 1.807) is 0 Å². The zero-order valence-electron chi connectivity index (χ0n) is 13.6. The average molecular weight is 313 g/mol. The van der Waals surface area contributed by atoms with Crippen molar-refractivity contribution in [1.29, 1.82) is 0 Å². The normalized spacial score (nSPS) is 18.1. The lowest BCUT2D eigenvalue weighted by molar-refractivity contribution is 0.0302. The quantitative estimate of drug-likeness (QED) is 0.897. The molecule has 0 unspecified atom stereocenters. The fraction of sp³-hybridized carbons (Fsp3) is 0.647. The summed E-state index contributed by atoms with van der Waals surface area (Å²) < 4.78 is 0. The molecule has 1 atom stereocenters. The summed E-state index contributed by atoms with van der Waals surface area (Å²) in [5.74, 6) is 0. The molecule has 0 spiro atoms. The third-order valence-electron chi connectivity index (χ3n) is 4.39. The van der Waals surface area contributed by atoms with Crippen molar-refractivity contribution < 1.29 is 5.11 Å². The first-order valence-corrected chi connectivity index (χ1v) is 7.58. The van der Waals surface area contributed by atoms with Gasteiger partial charge in [-0.3, -0.25) is 4.90 Å². The van der Waals surface area contributed by atoms with E-state index in [1.165, 1.54) is 16.7 Å². The third kappa shape index (κ3) is 4.19. The molecule has 1 aliphatic rings. The van der Waals surface area contributed by atoms with Crippen LogP contribution in [0.3, 0.4) is 0 Å². The van der Waals surface area contributed by atoms with Crippen LogP contribution in [0.5, 0.6) is 0 Å². The predicted molar refractivity (Wildman–Crippen MR) is 91.2 cm³/mol. The maximum Gasteiger partial charge on any atom is 0.0500 e. The summed E-state index contributed by atoms with van der Waals surface area (Å²) in [7, 11) is 0. The lowest BCUT2D eigenvalue weighted by Crippen LogP contribution is -2.49. The molecule has 2 rings (SSSR count). The number of nitrogens with zero attached hydrogens (tertiary/aromatic N) is 1. The largest absolute Gasteiger partial charge is 0.396 e. The number of hydrogen-bond acceptors (Lipinski definition) is 3. The predicted octanol–water partition coefficient (Wildman–Crippen LogP) is 2.69. The van der Waals surface area contributed by atoms with E-state index in [1.807, 2.05) is 0 Å². The van der Waals surface area contributed by atoms with Gasteiger partial charge in [-0.1, -0.05) is 37.6 Å². The van der Waals surface area contributed by atoms with Crippen LogP contribution in [0.15, 0.2) is 18.2 Å². The Morgan fingerprint density at radius 1 is 1.24 bits per heavy atom. The fourth-order valence-electron chi connectivity index (χ4n) is 3.19. The monoisotopic (exact) mass is 312 g/mol. The molecule has 21 heavy (non-hydrogen) atoms. The van der Waals surface area contributed by atoms with E-state index in [0.717, 1.165) is 26.2 Å². The molecule has 1 aliphatic heterocycles. The molecule has 1 fully saturated rings. The highest BCUT2D eigenvalue weighted by molar-refractivity contribution is 5.85. The lowest BCUT2D eigenvalue weighted by atomic mass is 9.78. The highest BCUT2D eigenvalue weighted by atomic mass is 35.5. The minimum atomic E-state index is -0.143. The molecule has 4 heteroatoms. The number of halogens is 1. The molecule has 3 nitrogen and oxygen atoms in total. The van der Waals surface area contributed by atoms with Gasteiger partial charge in [0.25, 0.3) is 0 Å². The van der Waals surface area contributed by atoms with Crippen molar-refractivity contribution >= 4 is 12.4 Å². The molecule has 0 amide bonds. The van der Waals surface area contributed by atoms with E-state index in [2.05, 4.69) is 56.1 Å². The smallest absolute Gasteiger partial charge is 0.0500 e. The molecule has 0 aromatic heterocycles. The second-order valence-corrected chi connectivity index (χ2v) is 6.70. The van der Waals surface area contributed by atoms with Crippen LogP contribution in [0.1, 0.15) is 36.6 Å². The Morgan fingerprint density at radius 2 is 1.86 bits per heavy atom. The van der Waals surface area contributed by atoms with E-state index in [4.69, 9.17) is 0 Å². The van der Waals surface area contributed by atoms with Gasteiger partial charge in [-0.25, -0.2) is 0 Å². The Bertz CT molecular complexity index is 456. The average Bonchev–Trinajstić information content (AvgIpc) is 2.44. The topological polar surface area (TPSA) is 35.5 Å². The first-order valence-electron chi connectivity index (χ1n) is 7.58. The van der Waals surface area contributed by atoms with Gasteiger partial charge in [0.15, 0.2) is 0 Å². The van der Waals surface area contributed by atoms with Gasteiger partial charge in [0.1, 0.15) is 0 Å². The van der Waals surface area contributed by atoms with Gasteiger partial charge in [-0.15, -0.1) is 12.4 Å². The van der Waals surface area contributed by atoms with Crippen molar-refractivity contribution in [2.45, 2.75) is 33.7 Å². The summed E-state index contributed by atoms with van der Waals surface area (Å²) in [5, 5.41) is 13.3. The lowest BCUT2D eigenvalue weighted by Gasteiger charge is -2.44. The van der Waals surface area contributed by atoms with Gasteiger partial charge in [-0.05, 0) is 25.0 Å². The molecule has 0 radical (unpaired) electrons. The van der Waals surface area contributed by atoms with Crippen molar-refractivity contribution in [2.24, 2.45) is 5.41 Å². The van der Waals surface area contributed by atoms with Gasteiger partial charge in [-0.2, -0.15) is 0 Å². The van der Waals surface area contributed by atoms with Crippen molar-refractivity contribution in [3.63, 3.8) is 0 Å². The fourth-order valence-corrected chi connectivity index (χ4v) is 3.19. The summed E-state index contributed by atoms with van der Waals surface area (Å²) in [4.78, 5) is 2.52. The van der Waals surface area contributed by atoms with E-state index < -0.39 is 0 Å². The number of rotatable bonds is 4. The van der Waals surface area contributed by atoms with Crippen LogP contribution in [-0.4, -0.2) is 42.8 Å². The molecule has 120 valence electrons. The van der Waals surface area contributed by atoms with Gasteiger partial charge >= 0.3 is 0 Å². The van der Waals surface area contributed by atoms with Crippen LogP contribution in [0.25, 0.3) is 0 Å². The molecule has 2 N–H and O–H groups in total. The number of piperazine rings is 1. The molecule has 1 aromatic carbocycles. The van der Waals surface area contributed by atoms with Crippen molar-refractivity contribution in [1.82, 2.24) is 10.2 Å². The highest BCUT2D eigenvalue weighted by Crippen LogP contribution is 2.39. The van der Waals surface area contributed by atoms with E-state index in [9.17, 15) is 5.11 Å². The molecule has 0 saturated carbocycles. The summed E-state index contributed by atoms with van der Waals surface area (Å²) in [6.07, 6.45) is 0. The first-order chi connectivity index (χ1) is 9.45. The standard InChI is InChI=1S/C17H28N2O.ClH/c1-13-5-6-14(2)15(11-13)16(17(3,4)12-20)19-9-7-18-8-10-19;/h5-6,11,16,18,20H,7-10,12H2,1-4H3;1H/t16-;/m0./s1. The van der Waals surface area contributed by atoms with Gasteiger partial charge in [0.2, 0.25) is 0 Å². The molecule has 1 saturated heterocycles. The number of nitrogens with one attached hydrogen (secondary N) is 1. The number of aryl methyl sites for hydroxylation is 2. The third-order valence-corrected chi connectivity index (χ3v) is 4.39. The summed E-state index contributed by atoms with van der Waals surface area (Å²) in [6, 6.07) is 6.93. The SMILES string of the molecule is Cc1ccc(C)c([C@H](N2CCNCC2)C(C)(C)CO)c1.Cl. The van der Waals surface area contributed by atoms with Crippen molar-refractivity contribution in [3.8, 4) is 0 Å². The molecular formula is C17H29ClN2O. The molecule has 1 heterocycles. The number of aliphatic hydroxyl groups is 1. The van der Waals surface area contributed by atoms with Gasteiger partial charge in [0.05, 0.1) is 0 Å². The molecule has 1 aromatic rings. The van der Waals surface area contributed by atoms with Crippen LogP contribution in [-0.2, 0) is 0 Å². The van der Waals surface area contributed by atoms with Crippen molar-refractivity contribution in [2.75, 3.05) is 32.8 Å². The Balaban J connectivity index is 0.00000220. The number of aliphatic hydroxyl groups excluding tert-OH is 1. The van der Waals surface area contributed by atoms with E-state index >= 15 is 0 Å². The number of benzene rings is 1. The molecular weight excluding hydrogens is 284 g/mol. The second kappa shape index (κ2) is 7.59. The van der Waals surface area contributed by atoms with Crippen molar-refractivity contribution in [3.05, 3.63) is 34.9 Å². The summed E-state index contributed by atoms with van der Waals surface area (Å²) in [5.41, 5.74) is 3.83. The van der Waals surface area contributed by atoms with Crippen LogP contribution in [0.2, 0.25) is 0 Å². The minimum Gasteiger partial charge on any atom is -0.396 e.